The molecule has 0 amide bonds. The quantitative estimate of drug-likeness (QED) is 0.502. The van der Waals surface area contributed by atoms with E-state index in [1.54, 1.807) is 0 Å². The Morgan fingerprint density at radius 1 is 0.750 bits per heavy atom. The van der Waals surface area contributed by atoms with Crippen molar-refractivity contribution in [2.45, 2.75) is 0 Å². The Labute approximate surface area is 107 Å². The average Bonchev–Trinajstić information content (AvgIpc) is 2.30. The van der Waals surface area contributed by atoms with Gasteiger partial charge in [0.1, 0.15) is 0 Å². The van der Waals surface area contributed by atoms with E-state index in [4.69, 9.17) is 0 Å². The van der Waals surface area contributed by atoms with Crippen LogP contribution in [0.2, 0.25) is 0 Å². The fraction of sp³-hybridized carbons (Fsp3) is 0. The minimum absolute atomic E-state index is 0.863. The van der Waals surface area contributed by atoms with E-state index >= 15 is 0 Å². The number of hydrogen-bond donors (Lipinski definition) is 2. The van der Waals surface area contributed by atoms with E-state index in [1.807, 2.05) is 24.3 Å². The zero-order chi connectivity index (χ0) is 11.6. The minimum atomic E-state index is 0.863. The SMILES string of the molecule is SC#CC#Cc1cccc(C#CC#CS)c1. The molecule has 0 saturated heterocycles. The second-order valence-electron chi connectivity index (χ2n) is 2.55. The van der Waals surface area contributed by atoms with Crippen molar-refractivity contribution in [2.24, 2.45) is 0 Å². The molecule has 0 saturated carbocycles. The monoisotopic (exact) mass is 238 g/mol. The molecule has 0 radical (unpaired) electrons. The molecule has 0 aliphatic rings. The van der Waals surface area contributed by atoms with Crippen molar-refractivity contribution in [3.05, 3.63) is 35.4 Å². The van der Waals surface area contributed by atoms with Crippen molar-refractivity contribution >= 4 is 25.3 Å². The van der Waals surface area contributed by atoms with Crippen molar-refractivity contribution in [3.8, 4) is 46.0 Å². The third-order valence-corrected chi connectivity index (χ3v) is 1.74. The lowest BCUT2D eigenvalue weighted by Crippen LogP contribution is -1.77. The van der Waals surface area contributed by atoms with Crippen LogP contribution >= 0.6 is 25.3 Å². The van der Waals surface area contributed by atoms with E-state index in [2.05, 4.69) is 71.3 Å². The summed E-state index contributed by atoms with van der Waals surface area (Å²) in [5, 5.41) is 4.82. The summed E-state index contributed by atoms with van der Waals surface area (Å²) in [7, 11) is 0. The standard InChI is InChI=1S/C14H6S2/c15-10-3-1-6-13-8-5-9-14(12-13)7-2-4-11-16/h5,8-9,12,15-16H. The molecule has 0 aliphatic carbocycles. The first-order valence-corrected chi connectivity index (χ1v) is 5.16. The maximum atomic E-state index is 3.74. The molecule has 0 unspecified atom stereocenters. The van der Waals surface area contributed by atoms with E-state index in [1.165, 1.54) is 0 Å². The normalized spacial score (nSPS) is 6.62. The Morgan fingerprint density at radius 2 is 1.25 bits per heavy atom. The molecule has 2 heteroatoms. The summed E-state index contributed by atoms with van der Waals surface area (Å²) in [5.41, 5.74) is 1.73. The first-order valence-electron chi connectivity index (χ1n) is 4.27. The Bertz CT molecular complexity index is 558. The van der Waals surface area contributed by atoms with Gasteiger partial charge in [0, 0.05) is 11.1 Å². The summed E-state index contributed by atoms with van der Waals surface area (Å²) in [6.45, 7) is 0. The van der Waals surface area contributed by atoms with Gasteiger partial charge in [0.2, 0.25) is 0 Å². The van der Waals surface area contributed by atoms with Crippen LogP contribution in [0, 0.1) is 46.0 Å². The number of rotatable bonds is 0. The summed E-state index contributed by atoms with van der Waals surface area (Å²) >= 11 is 7.47. The van der Waals surface area contributed by atoms with E-state index in [9.17, 15) is 0 Å². The second kappa shape index (κ2) is 7.45. The van der Waals surface area contributed by atoms with Gasteiger partial charge >= 0.3 is 0 Å². The van der Waals surface area contributed by atoms with Gasteiger partial charge in [-0.1, -0.05) is 43.2 Å². The molecule has 1 aromatic rings. The van der Waals surface area contributed by atoms with Crippen LogP contribution in [0.5, 0.6) is 0 Å². The molecule has 16 heavy (non-hydrogen) atoms. The third-order valence-electron chi connectivity index (χ3n) is 1.51. The summed E-state index contributed by atoms with van der Waals surface area (Å²) < 4.78 is 0. The highest BCUT2D eigenvalue weighted by atomic mass is 32.1. The molecule has 0 heterocycles. The third kappa shape index (κ3) is 4.59. The predicted molar refractivity (Wildman–Crippen MR) is 73.7 cm³/mol. The highest BCUT2D eigenvalue weighted by Crippen LogP contribution is 2.02. The lowest BCUT2D eigenvalue weighted by molar-refractivity contribution is 1.60. The molecule has 0 N–H and O–H groups in total. The van der Waals surface area contributed by atoms with Gasteiger partial charge in [-0.25, -0.2) is 0 Å². The lowest BCUT2D eigenvalue weighted by atomic mass is 10.1. The predicted octanol–water partition coefficient (Wildman–Crippen LogP) is 2.17. The Balaban J connectivity index is 2.95. The van der Waals surface area contributed by atoms with E-state index < -0.39 is 0 Å². The van der Waals surface area contributed by atoms with Crippen LogP contribution < -0.4 is 0 Å². The van der Waals surface area contributed by atoms with Gasteiger partial charge in [0.25, 0.3) is 0 Å². The van der Waals surface area contributed by atoms with Crippen molar-refractivity contribution in [3.63, 3.8) is 0 Å². The van der Waals surface area contributed by atoms with Gasteiger partial charge in [0.15, 0.2) is 0 Å². The maximum absolute atomic E-state index is 3.74. The van der Waals surface area contributed by atoms with Crippen LogP contribution in [-0.4, -0.2) is 0 Å². The summed E-state index contributed by atoms with van der Waals surface area (Å²) in [6, 6.07) is 7.54. The van der Waals surface area contributed by atoms with Gasteiger partial charge in [-0.05, 0) is 52.4 Å². The lowest BCUT2D eigenvalue weighted by Gasteiger charge is -1.90. The molecule has 1 rings (SSSR count). The van der Waals surface area contributed by atoms with E-state index in [0.29, 0.717) is 0 Å². The highest BCUT2D eigenvalue weighted by Gasteiger charge is 1.88. The fourth-order valence-electron chi connectivity index (χ4n) is 0.937. The maximum Gasteiger partial charge on any atom is 0.0267 e. The molecule has 74 valence electrons. The van der Waals surface area contributed by atoms with Gasteiger partial charge in [-0.3, -0.25) is 0 Å². The molecule has 0 spiro atoms. The van der Waals surface area contributed by atoms with Gasteiger partial charge in [-0.2, -0.15) is 0 Å². The van der Waals surface area contributed by atoms with E-state index in [-0.39, 0.29) is 0 Å². The van der Waals surface area contributed by atoms with Crippen LogP contribution in [0.4, 0.5) is 0 Å². The molecular formula is C14H6S2. The molecular weight excluding hydrogens is 232 g/mol. The van der Waals surface area contributed by atoms with Crippen LogP contribution in [0.3, 0.4) is 0 Å². The number of thiol groups is 2. The smallest absolute Gasteiger partial charge is 0.0267 e. The van der Waals surface area contributed by atoms with Crippen LogP contribution in [0.1, 0.15) is 11.1 Å². The summed E-state index contributed by atoms with van der Waals surface area (Å²) in [6.07, 6.45) is 0. The zero-order valence-corrected chi connectivity index (χ0v) is 9.99. The van der Waals surface area contributed by atoms with Crippen molar-refractivity contribution in [1.29, 1.82) is 0 Å². The molecule has 0 bridgehead atoms. The van der Waals surface area contributed by atoms with Gasteiger partial charge < -0.3 is 0 Å². The number of benzene rings is 1. The van der Waals surface area contributed by atoms with Gasteiger partial charge in [-0.15, -0.1) is 0 Å². The summed E-state index contributed by atoms with van der Waals surface area (Å²) in [4.78, 5) is 0. The minimum Gasteiger partial charge on any atom is -0.0912 e. The topological polar surface area (TPSA) is 0 Å². The van der Waals surface area contributed by atoms with Crippen molar-refractivity contribution in [2.75, 3.05) is 0 Å². The Morgan fingerprint density at radius 3 is 1.69 bits per heavy atom. The van der Waals surface area contributed by atoms with Gasteiger partial charge in [0.05, 0.1) is 0 Å². The fourth-order valence-corrected chi connectivity index (χ4v) is 1.05. The molecule has 0 nitrogen and oxygen atoms in total. The molecule has 1 aromatic carbocycles. The molecule has 0 aliphatic heterocycles. The Kier molecular flexibility index (Phi) is 5.70. The first-order chi connectivity index (χ1) is 7.86. The first kappa shape index (κ1) is 12.2. The molecule has 0 fully saturated rings. The van der Waals surface area contributed by atoms with Crippen LogP contribution in [0.25, 0.3) is 0 Å². The van der Waals surface area contributed by atoms with Crippen molar-refractivity contribution in [1.82, 2.24) is 0 Å². The number of hydrogen-bond acceptors (Lipinski definition) is 2. The molecule has 0 atom stereocenters. The van der Waals surface area contributed by atoms with Crippen molar-refractivity contribution < 1.29 is 0 Å². The largest absolute Gasteiger partial charge is 0.0912 e. The highest BCUT2D eigenvalue weighted by molar-refractivity contribution is 7.85. The Hall–Kier alpha value is -1.84. The average molecular weight is 238 g/mol. The van der Waals surface area contributed by atoms with Crippen LogP contribution in [0.15, 0.2) is 24.3 Å². The van der Waals surface area contributed by atoms with Crippen LogP contribution in [-0.2, 0) is 0 Å². The molecule has 0 aromatic heterocycles. The summed E-state index contributed by atoms with van der Waals surface area (Å²) in [5.74, 6) is 16.2. The van der Waals surface area contributed by atoms with E-state index in [0.717, 1.165) is 11.1 Å². The second-order valence-corrected chi connectivity index (χ2v) is 3.00. The zero-order valence-electron chi connectivity index (χ0n) is 8.20.